The van der Waals surface area contributed by atoms with Crippen molar-refractivity contribution in [2.45, 2.75) is 51.0 Å². The fourth-order valence-corrected chi connectivity index (χ4v) is 5.39. The van der Waals surface area contributed by atoms with Crippen LogP contribution in [0, 0.1) is 0 Å². The second-order valence-corrected chi connectivity index (χ2v) is 9.68. The summed E-state index contributed by atoms with van der Waals surface area (Å²) in [5.74, 6) is -1.90. The molecule has 160 valence electrons. The van der Waals surface area contributed by atoms with Gasteiger partial charge in [-0.2, -0.15) is 0 Å². The molecule has 2 aromatic rings. The van der Waals surface area contributed by atoms with E-state index < -0.39 is 21.9 Å². The number of Topliss-reactive ketones (excluding diaryl/α,β-unsaturated/α-hetero) is 1. The number of carboxylic acid groups (broad SMARTS) is 1. The molecule has 2 atom stereocenters. The number of hydrogen-bond acceptors (Lipinski definition) is 4. The number of hydrogen-bond donors (Lipinski definition) is 2. The van der Waals surface area contributed by atoms with E-state index in [-0.39, 0.29) is 24.0 Å². The molecular formula is C23H27NO5S. The molecule has 0 fully saturated rings. The lowest BCUT2D eigenvalue weighted by molar-refractivity contribution is -0.137. The van der Waals surface area contributed by atoms with Gasteiger partial charge in [-0.3, -0.25) is 9.59 Å². The monoisotopic (exact) mass is 429 g/mol. The molecule has 0 bridgehead atoms. The lowest BCUT2D eigenvalue weighted by Crippen LogP contribution is -2.36. The fourth-order valence-electron chi connectivity index (χ4n) is 3.93. The highest BCUT2D eigenvalue weighted by Crippen LogP contribution is 2.29. The highest BCUT2D eigenvalue weighted by Gasteiger charge is 2.29. The van der Waals surface area contributed by atoms with Crippen molar-refractivity contribution in [1.82, 2.24) is 4.72 Å². The number of unbranched alkanes of at least 4 members (excludes halogenated alkanes) is 1. The van der Waals surface area contributed by atoms with Crippen LogP contribution in [0.5, 0.6) is 0 Å². The van der Waals surface area contributed by atoms with Gasteiger partial charge in [0.15, 0.2) is 5.78 Å². The summed E-state index contributed by atoms with van der Waals surface area (Å²) < 4.78 is 27.2. The second-order valence-electron chi connectivity index (χ2n) is 7.80. The molecule has 2 unspecified atom stereocenters. The van der Waals surface area contributed by atoms with Crippen molar-refractivity contribution in [2.75, 3.05) is 5.75 Å². The summed E-state index contributed by atoms with van der Waals surface area (Å²) in [6.07, 6.45) is 2.28. The Bertz CT molecular complexity index is 1020. The molecule has 7 heteroatoms. The number of carboxylic acids is 1. The Kier molecular flexibility index (Phi) is 7.05. The van der Waals surface area contributed by atoms with Crippen LogP contribution in [0.4, 0.5) is 0 Å². The predicted molar refractivity (Wildman–Crippen MR) is 115 cm³/mol. The molecule has 0 radical (unpaired) electrons. The largest absolute Gasteiger partial charge is 0.481 e. The Morgan fingerprint density at radius 3 is 2.47 bits per heavy atom. The summed E-state index contributed by atoms with van der Waals surface area (Å²) in [6, 6.07) is 14.1. The van der Waals surface area contributed by atoms with Gasteiger partial charge >= 0.3 is 5.97 Å². The minimum absolute atomic E-state index is 0.119. The maximum atomic E-state index is 13.1. The number of rotatable bonds is 10. The standard InChI is InChI=1S/C23H27NO5S/c1-2-3-11-30(28,29)24-20-13-17-9-10-18(12-19(17)14-20)23(27)21(15-22(25)26)16-7-5-4-6-8-16/h4-10,12,20-21,24H,2-3,11,13-15H2,1H3,(H,25,26). The van der Waals surface area contributed by atoms with E-state index in [9.17, 15) is 23.1 Å². The molecule has 0 spiro atoms. The number of sulfonamides is 1. The predicted octanol–water partition coefficient (Wildman–Crippen LogP) is 3.31. The SMILES string of the molecule is CCCCS(=O)(=O)NC1Cc2ccc(C(=O)C(CC(=O)O)c3ccccc3)cc2C1. The van der Waals surface area contributed by atoms with Gasteiger partial charge in [-0.25, -0.2) is 13.1 Å². The molecule has 0 saturated heterocycles. The summed E-state index contributed by atoms with van der Waals surface area (Å²) in [5.41, 5.74) is 3.08. The van der Waals surface area contributed by atoms with Gasteiger partial charge in [0.2, 0.25) is 10.0 Å². The number of carbonyl (C=O) groups is 2. The van der Waals surface area contributed by atoms with Crippen molar-refractivity contribution in [3.8, 4) is 0 Å². The number of benzene rings is 2. The van der Waals surface area contributed by atoms with E-state index in [0.29, 0.717) is 30.4 Å². The molecule has 0 heterocycles. The first-order chi connectivity index (χ1) is 14.3. The molecule has 0 aromatic heterocycles. The van der Waals surface area contributed by atoms with Crippen LogP contribution in [0.25, 0.3) is 0 Å². The molecule has 1 aliphatic rings. The van der Waals surface area contributed by atoms with Crippen LogP contribution in [0.1, 0.15) is 59.2 Å². The van der Waals surface area contributed by atoms with Gasteiger partial charge in [0.1, 0.15) is 0 Å². The third kappa shape index (κ3) is 5.55. The Morgan fingerprint density at radius 2 is 1.80 bits per heavy atom. The van der Waals surface area contributed by atoms with E-state index in [1.165, 1.54) is 0 Å². The van der Waals surface area contributed by atoms with E-state index in [0.717, 1.165) is 17.5 Å². The van der Waals surface area contributed by atoms with Crippen LogP contribution in [0.15, 0.2) is 48.5 Å². The number of nitrogens with one attached hydrogen (secondary N) is 1. The molecule has 3 rings (SSSR count). The van der Waals surface area contributed by atoms with E-state index in [1.807, 2.05) is 19.1 Å². The van der Waals surface area contributed by atoms with Crippen molar-refractivity contribution in [1.29, 1.82) is 0 Å². The van der Waals surface area contributed by atoms with Gasteiger partial charge in [-0.15, -0.1) is 0 Å². The maximum absolute atomic E-state index is 13.1. The van der Waals surface area contributed by atoms with Crippen molar-refractivity contribution in [3.05, 3.63) is 70.8 Å². The van der Waals surface area contributed by atoms with Gasteiger partial charge in [0.25, 0.3) is 0 Å². The Labute approximate surface area is 177 Å². The van der Waals surface area contributed by atoms with Crippen molar-refractivity contribution >= 4 is 21.8 Å². The Balaban J connectivity index is 1.77. The topological polar surface area (TPSA) is 101 Å². The molecule has 0 amide bonds. The fraction of sp³-hybridized carbons (Fsp3) is 0.391. The second kappa shape index (κ2) is 9.53. The number of aliphatic carboxylic acids is 1. The number of ketones is 1. The molecule has 2 N–H and O–H groups in total. The molecule has 6 nitrogen and oxygen atoms in total. The maximum Gasteiger partial charge on any atom is 0.304 e. The molecule has 2 aromatic carbocycles. The summed E-state index contributed by atoms with van der Waals surface area (Å²) in [4.78, 5) is 24.5. The van der Waals surface area contributed by atoms with Crippen LogP contribution in [-0.4, -0.2) is 37.1 Å². The summed E-state index contributed by atoms with van der Waals surface area (Å²) >= 11 is 0. The van der Waals surface area contributed by atoms with Crippen molar-refractivity contribution in [3.63, 3.8) is 0 Å². The van der Waals surface area contributed by atoms with Gasteiger partial charge in [0.05, 0.1) is 18.1 Å². The first kappa shape index (κ1) is 22.2. The van der Waals surface area contributed by atoms with E-state index in [4.69, 9.17) is 0 Å². The zero-order valence-electron chi connectivity index (χ0n) is 17.0. The minimum atomic E-state index is -3.32. The zero-order chi connectivity index (χ0) is 21.7. The molecular weight excluding hydrogens is 402 g/mol. The molecule has 30 heavy (non-hydrogen) atoms. The Hall–Kier alpha value is -2.51. The van der Waals surface area contributed by atoms with Crippen LogP contribution in [0.3, 0.4) is 0 Å². The first-order valence-corrected chi connectivity index (χ1v) is 11.9. The van der Waals surface area contributed by atoms with Crippen molar-refractivity contribution in [2.24, 2.45) is 0 Å². The van der Waals surface area contributed by atoms with E-state index in [1.54, 1.807) is 36.4 Å². The number of carbonyl (C=O) groups excluding carboxylic acids is 1. The smallest absolute Gasteiger partial charge is 0.304 e. The lowest BCUT2D eigenvalue weighted by atomic mass is 9.87. The van der Waals surface area contributed by atoms with Gasteiger partial charge < -0.3 is 5.11 Å². The molecule has 0 aliphatic heterocycles. The highest BCUT2D eigenvalue weighted by atomic mass is 32.2. The molecule has 1 aliphatic carbocycles. The van der Waals surface area contributed by atoms with Crippen LogP contribution < -0.4 is 4.72 Å². The van der Waals surface area contributed by atoms with Crippen LogP contribution >= 0.6 is 0 Å². The van der Waals surface area contributed by atoms with Gasteiger partial charge in [-0.05, 0) is 42.0 Å². The van der Waals surface area contributed by atoms with Crippen LogP contribution in [-0.2, 0) is 27.7 Å². The summed E-state index contributed by atoms with van der Waals surface area (Å²) in [7, 11) is -3.32. The highest BCUT2D eigenvalue weighted by molar-refractivity contribution is 7.89. The quantitative estimate of drug-likeness (QED) is 0.564. The van der Waals surface area contributed by atoms with Crippen molar-refractivity contribution < 1.29 is 23.1 Å². The summed E-state index contributed by atoms with van der Waals surface area (Å²) in [5, 5.41) is 9.28. The molecule has 0 saturated carbocycles. The zero-order valence-corrected chi connectivity index (χ0v) is 17.8. The summed E-state index contributed by atoms with van der Waals surface area (Å²) in [6.45, 7) is 1.95. The van der Waals surface area contributed by atoms with E-state index >= 15 is 0 Å². The first-order valence-electron chi connectivity index (χ1n) is 10.2. The average Bonchev–Trinajstić information content (AvgIpc) is 3.11. The Morgan fingerprint density at radius 1 is 1.10 bits per heavy atom. The average molecular weight is 430 g/mol. The third-order valence-electron chi connectivity index (χ3n) is 5.43. The van der Waals surface area contributed by atoms with Gasteiger partial charge in [-0.1, -0.05) is 55.8 Å². The number of fused-ring (bicyclic) bond motifs is 1. The lowest BCUT2D eigenvalue weighted by Gasteiger charge is -2.15. The normalized spacial score (nSPS) is 16.8. The van der Waals surface area contributed by atoms with Crippen LogP contribution in [0.2, 0.25) is 0 Å². The van der Waals surface area contributed by atoms with Gasteiger partial charge in [0, 0.05) is 11.6 Å². The van der Waals surface area contributed by atoms with E-state index in [2.05, 4.69) is 4.72 Å². The third-order valence-corrected chi connectivity index (χ3v) is 6.95. The minimum Gasteiger partial charge on any atom is -0.481 e.